The molecule has 10 nitrogen and oxygen atoms in total. The normalized spacial score (nSPS) is 21.3. The first-order valence-electron chi connectivity index (χ1n) is 15.1. The molecule has 2 fully saturated rings. The maximum Gasteiger partial charge on any atom is 0.410 e. The van der Waals surface area contributed by atoms with E-state index in [0.717, 1.165) is 49.3 Å². The van der Waals surface area contributed by atoms with Gasteiger partial charge in [0.1, 0.15) is 23.8 Å². The Morgan fingerprint density at radius 1 is 1.14 bits per heavy atom. The number of anilines is 2. The minimum atomic E-state index is -0.633. The lowest BCUT2D eigenvalue weighted by molar-refractivity contribution is 0.0144. The summed E-state index contributed by atoms with van der Waals surface area (Å²) in [6.07, 6.45) is 3.46. The summed E-state index contributed by atoms with van der Waals surface area (Å²) in [6, 6.07) is 7.33. The van der Waals surface area contributed by atoms with Crippen LogP contribution in [0.3, 0.4) is 0 Å². The summed E-state index contributed by atoms with van der Waals surface area (Å²) in [7, 11) is 2.10. The number of carbonyl (C=O) groups is 1. The van der Waals surface area contributed by atoms with Gasteiger partial charge in [-0.25, -0.2) is 9.18 Å². The van der Waals surface area contributed by atoms with Gasteiger partial charge < -0.3 is 29.1 Å². The van der Waals surface area contributed by atoms with E-state index in [1.54, 1.807) is 11.0 Å². The smallest absolute Gasteiger partial charge is 0.410 e. The molecule has 0 radical (unpaired) electrons. The second-order valence-corrected chi connectivity index (χ2v) is 13.0. The van der Waals surface area contributed by atoms with Crippen LogP contribution in [0.1, 0.15) is 57.7 Å². The van der Waals surface area contributed by atoms with Crippen LogP contribution in [0.25, 0.3) is 0 Å². The van der Waals surface area contributed by atoms with Gasteiger partial charge in [0.2, 0.25) is 0 Å². The van der Waals surface area contributed by atoms with Crippen molar-refractivity contribution in [1.29, 1.82) is 5.26 Å². The minimum Gasteiger partial charge on any atom is -0.462 e. The highest BCUT2D eigenvalue weighted by Crippen LogP contribution is 2.35. The van der Waals surface area contributed by atoms with Gasteiger partial charge in [0.25, 0.3) is 0 Å². The topological polar surface area (TPSA) is 98.1 Å². The summed E-state index contributed by atoms with van der Waals surface area (Å²) in [5.74, 6) is 0.307. The molecule has 0 aliphatic carbocycles. The SMILES string of the molecule is CN1CCC[C@H]1COc1nc2c(c(N3CCN(C(=O)OC(C)(C)C)C(CC#N)C3)n1)CCCN(c1cccc(F)c1Cl)C2. The monoisotopic (exact) mass is 613 g/mol. The first-order chi connectivity index (χ1) is 20.5. The number of carbonyl (C=O) groups excluding carboxylic acids is 1. The number of rotatable bonds is 6. The van der Waals surface area contributed by atoms with Crippen molar-refractivity contribution in [2.45, 2.75) is 77.1 Å². The predicted octanol–water partition coefficient (Wildman–Crippen LogP) is 5.03. The van der Waals surface area contributed by atoms with Crippen molar-refractivity contribution in [3.8, 4) is 12.1 Å². The molecule has 0 spiro atoms. The lowest BCUT2D eigenvalue weighted by Gasteiger charge is -2.42. The van der Waals surface area contributed by atoms with E-state index in [1.165, 1.54) is 6.07 Å². The van der Waals surface area contributed by atoms with Crippen molar-refractivity contribution in [3.63, 3.8) is 0 Å². The van der Waals surface area contributed by atoms with Gasteiger partial charge in [0.15, 0.2) is 0 Å². The molecule has 0 N–H and O–H groups in total. The zero-order valence-corrected chi connectivity index (χ0v) is 26.2. The van der Waals surface area contributed by atoms with Gasteiger partial charge in [-0.15, -0.1) is 0 Å². The Kier molecular flexibility index (Phi) is 9.47. The average Bonchev–Trinajstić information content (AvgIpc) is 3.24. The Hall–Kier alpha value is -3.36. The zero-order chi connectivity index (χ0) is 30.7. The number of likely N-dealkylation sites (tertiary alicyclic amines) is 1. The number of fused-ring (bicyclic) bond motifs is 1. The third kappa shape index (κ3) is 7.24. The fourth-order valence-electron chi connectivity index (χ4n) is 6.11. The van der Waals surface area contributed by atoms with Crippen LogP contribution in [-0.2, 0) is 17.7 Å². The molecule has 1 amide bonds. The van der Waals surface area contributed by atoms with Crippen LogP contribution in [-0.4, -0.2) is 89.9 Å². The Labute approximate surface area is 258 Å². The molecule has 1 aromatic heterocycles. The number of hydrogen-bond acceptors (Lipinski definition) is 9. The number of amides is 1. The highest BCUT2D eigenvalue weighted by Gasteiger charge is 2.36. The van der Waals surface area contributed by atoms with Crippen molar-refractivity contribution in [2.24, 2.45) is 0 Å². The summed E-state index contributed by atoms with van der Waals surface area (Å²) in [5, 5.41) is 9.71. The van der Waals surface area contributed by atoms with Crippen LogP contribution >= 0.6 is 11.6 Å². The van der Waals surface area contributed by atoms with Crippen LogP contribution in [0.5, 0.6) is 6.01 Å². The van der Waals surface area contributed by atoms with Crippen molar-refractivity contribution in [1.82, 2.24) is 19.8 Å². The number of ether oxygens (including phenoxy) is 2. The quantitative estimate of drug-likeness (QED) is 0.444. The van der Waals surface area contributed by atoms with Gasteiger partial charge in [-0.05, 0) is 72.2 Å². The van der Waals surface area contributed by atoms with E-state index in [1.807, 2.05) is 26.8 Å². The van der Waals surface area contributed by atoms with Crippen molar-refractivity contribution >= 4 is 29.2 Å². The van der Waals surface area contributed by atoms with E-state index in [4.69, 9.17) is 31.0 Å². The van der Waals surface area contributed by atoms with Crippen LogP contribution in [0.4, 0.5) is 20.7 Å². The molecule has 1 aromatic carbocycles. The number of halogens is 2. The molecule has 0 saturated carbocycles. The fraction of sp³-hybridized carbons (Fsp3) is 0.613. The number of nitrogens with zero attached hydrogens (tertiary/aromatic N) is 7. The summed E-state index contributed by atoms with van der Waals surface area (Å²) in [4.78, 5) is 31.0. The molecule has 3 aliphatic rings. The van der Waals surface area contributed by atoms with Crippen LogP contribution in [0.2, 0.25) is 5.02 Å². The van der Waals surface area contributed by atoms with Gasteiger partial charge in [0, 0.05) is 37.8 Å². The van der Waals surface area contributed by atoms with E-state index >= 15 is 0 Å². The van der Waals surface area contributed by atoms with Gasteiger partial charge in [-0.1, -0.05) is 17.7 Å². The Balaban J connectivity index is 1.46. The molecule has 232 valence electrons. The Morgan fingerprint density at radius 2 is 1.95 bits per heavy atom. The number of nitriles is 1. The maximum atomic E-state index is 14.4. The summed E-state index contributed by atoms with van der Waals surface area (Å²) >= 11 is 6.40. The highest BCUT2D eigenvalue weighted by atomic mass is 35.5. The second-order valence-electron chi connectivity index (χ2n) is 12.6. The van der Waals surface area contributed by atoms with E-state index < -0.39 is 17.5 Å². The molecule has 2 saturated heterocycles. The first-order valence-corrected chi connectivity index (χ1v) is 15.4. The summed E-state index contributed by atoms with van der Waals surface area (Å²) in [6.45, 7) is 9.47. The molecule has 1 unspecified atom stereocenters. The number of benzene rings is 1. The molecule has 3 aliphatic heterocycles. The van der Waals surface area contributed by atoms with E-state index in [9.17, 15) is 14.4 Å². The van der Waals surface area contributed by atoms with Crippen molar-refractivity contribution in [2.75, 3.05) is 56.2 Å². The molecule has 12 heteroatoms. The number of hydrogen-bond donors (Lipinski definition) is 0. The average molecular weight is 614 g/mol. The maximum absolute atomic E-state index is 14.4. The van der Waals surface area contributed by atoms with Gasteiger partial charge in [-0.3, -0.25) is 0 Å². The standard InChI is InChI=1S/C31H41ClFN7O3/c1-31(2,3)43-30(41)40-17-16-39(18-21(40)12-13-34)28-23-9-7-15-38(26-11-5-10-24(33)27(26)32)19-25(23)35-29(36-28)42-20-22-8-6-14-37(22)4/h5,10-11,21-22H,6-9,12,14-20H2,1-4H3/t21?,22-/m0/s1. The van der Waals surface area contributed by atoms with Gasteiger partial charge >= 0.3 is 12.1 Å². The van der Waals surface area contributed by atoms with Gasteiger partial charge in [-0.2, -0.15) is 15.2 Å². The van der Waals surface area contributed by atoms with E-state index in [2.05, 4.69) is 27.8 Å². The van der Waals surface area contributed by atoms with Crippen LogP contribution < -0.4 is 14.5 Å². The second kappa shape index (κ2) is 13.1. The fourth-order valence-corrected chi connectivity index (χ4v) is 6.35. The molecule has 0 bridgehead atoms. The zero-order valence-electron chi connectivity index (χ0n) is 25.5. The lowest BCUT2D eigenvalue weighted by Crippen LogP contribution is -2.56. The molecule has 2 atom stereocenters. The van der Waals surface area contributed by atoms with Crippen LogP contribution in [0, 0.1) is 17.1 Å². The number of aromatic nitrogens is 2. The number of likely N-dealkylation sites (N-methyl/N-ethyl adjacent to an activating group) is 1. The largest absolute Gasteiger partial charge is 0.462 e. The summed E-state index contributed by atoms with van der Waals surface area (Å²) in [5.41, 5.74) is 1.81. The van der Waals surface area contributed by atoms with Gasteiger partial charge in [0.05, 0.1) is 41.5 Å². The molecular formula is C31H41ClFN7O3. The molecular weight excluding hydrogens is 573 g/mol. The molecule has 43 heavy (non-hydrogen) atoms. The third-order valence-corrected chi connectivity index (χ3v) is 8.71. The molecule has 4 heterocycles. The number of piperazine rings is 1. The Bertz CT molecular complexity index is 1360. The highest BCUT2D eigenvalue weighted by molar-refractivity contribution is 6.33. The lowest BCUT2D eigenvalue weighted by atomic mass is 10.1. The molecule has 2 aromatic rings. The molecule has 5 rings (SSSR count). The van der Waals surface area contributed by atoms with E-state index in [0.29, 0.717) is 57.1 Å². The third-order valence-electron chi connectivity index (χ3n) is 8.33. The van der Waals surface area contributed by atoms with Crippen molar-refractivity contribution < 1.29 is 18.7 Å². The van der Waals surface area contributed by atoms with E-state index in [-0.39, 0.29) is 17.5 Å². The van der Waals surface area contributed by atoms with Crippen molar-refractivity contribution in [3.05, 3.63) is 40.3 Å². The summed E-state index contributed by atoms with van der Waals surface area (Å²) < 4.78 is 26.3. The van der Waals surface area contributed by atoms with Crippen LogP contribution in [0.15, 0.2) is 18.2 Å². The Morgan fingerprint density at radius 3 is 2.67 bits per heavy atom. The predicted molar refractivity (Wildman–Crippen MR) is 163 cm³/mol. The minimum absolute atomic E-state index is 0.0959. The first kappa shape index (κ1) is 31.1.